The van der Waals surface area contributed by atoms with Gasteiger partial charge in [0.2, 0.25) is 0 Å². The van der Waals surface area contributed by atoms with Crippen LogP contribution >= 0.6 is 0 Å². The number of hydrogen-bond donors (Lipinski definition) is 0. The lowest BCUT2D eigenvalue weighted by Gasteiger charge is -2.24. The number of pyridine rings is 1. The van der Waals surface area contributed by atoms with E-state index < -0.39 is 23.2 Å². The van der Waals surface area contributed by atoms with Crippen molar-refractivity contribution in [2.24, 2.45) is 0 Å². The average Bonchev–Trinajstić information content (AvgIpc) is 2.80. The van der Waals surface area contributed by atoms with Crippen LogP contribution in [0, 0.1) is 6.92 Å². The smallest absolute Gasteiger partial charge is 0.329 e. The minimum atomic E-state index is -1.11. The van der Waals surface area contributed by atoms with Crippen molar-refractivity contribution in [1.82, 2.24) is 10.0 Å². The van der Waals surface area contributed by atoms with E-state index in [1.165, 1.54) is 12.1 Å². The number of benzene rings is 1. The summed E-state index contributed by atoms with van der Waals surface area (Å²) in [5, 5.41) is 0.518. The molecule has 0 N–H and O–H groups in total. The van der Waals surface area contributed by atoms with Crippen LogP contribution in [0.1, 0.15) is 45.8 Å². The molecule has 1 aromatic heterocycles. The van der Waals surface area contributed by atoms with E-state index in [0.717, 1.165) is 5.56 Å². The van der Waals surface area contributed by atoms with Gasteiger partial charge in [-0.05, 0) is 50.6 Å². The van der Waals surface area contributed by atoms with E-state index in [1.54, 1.807) is 38.2 Å². The van der Waals surface area contributed by atoms with E-state index in [4.69, 9.17) is 4.84 Å². The highest BCUT2D eigenvalue weighted by atomic mass is 16.7. The largest absolute Gasteiger partial charge is 0.344 e. The lowest BCUT2D eigenvalue weighted by molar-refractivity contribution is -0.174. The second kappa shape index (κ2) is 5.56. The first-order chi connectivity index (χ1) is 11.3. The zero-order chi connectivity index (χ0) is 17.5. The molecule has 2 aromatic rings. The van der Waals surface area contributed by atoms with Gasteiger partial charge in [0.25, 0.3) is 11.8 Å². The van der Waals surface area contributed by atoms with E-state index in [0.29, 0.717) is 10.8 Å². The molecule has 0 bridgehead atoms. The Balaban J connectivity index is 1.85. The van der Waals surface area contributed by atoms with Gasteiger partial charge in [0, 0.05) is 6.20 Å². The molecule has 24 heavy (non-hydrogen) atoms. The van der Waals surface area contributed by atoms with Gasteiger partial charge in [-0.15, -0.1) is 0 Å². The van der Waals surface area contributed by atoms with Crippen molar-refractivity contribution in [2.45, 2.75) is 26.2 Å². The minimum Gasteiger partial charge on any atom is -0.329 e. The number of imide groups is 1. The molecule has 2 amide bonds. The average molecular weight is 324 g/mol. The normalized spacial score (nSPS) is 13.9. The van der Waals surface area contributed by atoms with Crippen LogP contribution in [0.5, 0.6) is 0 Å². The lowest BCUT2D eigenvalue weighted by atomic mass is 9.88. The number of aryl methyl sites for hydroxylation is 1. The number of hydrogen-bond acceptors (Lipinski definition) is 5. The van der Waals surface area contributed by atoms with Crippen LogP contribution in [0.2, 0.25) is 0 Å². The molecule has 0 saturated heterocycles. The Morgan fingerprint density at radius 3 is 2.21 bits per heavy atom. The molecule has 0 radical (unpaired) electrons. The van der Waals surface area contributed by atoms with Gasteiger partial charge in [-0.2, -0.15) is 0 Å². The summed E-state index contributed by atoms with van der Waals surface area (Å²) in [5.41, 5.74) is 0.788. The Morgan fingerprint density at radius 2 is 1.67 bits per heavy atom. The van der Waals surface area contributed by atoms with E-state index in [9.17, 15) is 14.4 Å². The fraction of sp³-hybridized carbons (Fsp3) is 0.222. The zero-order valence-electron chi connectivity index (χ0n) is 13.6. The number of rotatable bonds is 3. The molecule has 0 unspecified atom stereocenters. The maximum absolute atomic E-state index is 12.6. The summed E-state index contributed by atoms with van der Waals surface area (Å²) >= 11 is 0. The summed E-state index contributed by atoms with van der Waals surface area (Å²) in [6.45, 7) is 5.15. The van der Waals surface area contributed by atoms with E-state index in [2.05, 4.69) is 4.98 Å². The molecular formula is C18H16N2O4. The predicted octanol–water partition coefficient (Wildman–Crippen LogP) is 2.42. The second-order valence-corrected chi connectivity index (χ2v) is 6.17. The Labute approximate surface area is 139 Å². The first-order valence-electron chi connectivity index (χ1n) is 7.45. The van der Waals surface area contributed by atoms with Crippen molar-refractivity contribution >= 4 is 17.8 Å². The number of carbonyl (C=O) groups is 3. The SMILES string of the molecule is Cc1ccnc(C(C)(C)C(=O)ON2C(=O)c3ccccc3C2=O)c1. The Morgan fingerprint density at radius 1 is 1.08 bits per heavy atom. The molecule has 0 saturated carbocycles. The number of carbonyl (C=O) groups excluding carboxylic acids is 3. The fourth-order valence-electron chi connectivity index (χ4n) is 2.43. The highest BCUT2D eigenvalue weighted by Crippen LogP contribution is 2.27. The van der Waals surface area contributed by atoms with E-state index >= 15 is 0 Å². The molecular weight excluding hydrogens is 308 g/mol. The van der Waals surface area contributed by atoms with Gasteiger partial charge in [-0.1, -0.05) is 17.2 Å². The van der Waals surface area contributed by atoms with Crippen molar-refractivity contribution < 1.29 is 19.2 Å². The van der Waals surface area contributed by atoms with Gasteiger partial charge < -0.3 is 4.84 Å². The molecule has 6 heteroatoms. The molecule has 0 atom stereocenters. The number of amides is 2. The first-order valence-corrected chi connectivity index (χ1v) is 7.45. The predicted molar refractivity (Wildman–Crippen MR) is 85.0 cm³/mol. The lowest BCUT2D eigenvalue weighted by Crippen LogP contribution is -2.40. The third kappa shape index (κ3) is 2.46. The van der Waals surface area contributed by atoms with Crippen molar-refractivity contribution in [3.8, 4) is 0 Å². The van der Waals surface area contributed by atoms with Crippen LogP contribution in [0.3, 0.4) is 0 Å². The molecule has 0 aliphatic carbocycles. The molecule has 122 valence electrons. The number of nitrogens with zero attached hydrogens (tertiary/aromatic N) is 2. The molecule has 1 aliphatic rings. The van der Waals surface area contributed by atoms with Crippen LogP contribution in [0.4, 0.5) is 0 Å². The van der Waals surface area contributed by atoms with E-state index in [-0.39, 0.29) is 11.1 Å². The summed E-state index contributed by atoms with van der Waals surface area (Å²) in [6.07, 6.45) is 1.60. The molecule has 0 fully saturated rings. The van der Waals surface area contributed by atoms with Crippen LogP contribution in [-0.4, -0.2) is 27.8 Å². The highest BCUT2D eigenvalue weighted by molar-refractivity contribution is 6.21. The first kappa shape index (κ1) is 15.9. The number of aromatic nitrogens is 1. The molecule has 6 nitrogen and oxygen atoms in total. The van der Waals surface area contributed by atoms with Gasteiger partial charge in [0.15, 0.2) is 0 Å². The maximum Gasteiger partial charge on any atom is 0.344 e. The molecule has 0 spiro atoms. The Hall–Kier alpha value is -3.02. The van der Waals surface area contributed by atoms with Crippen molar-refractivity contribution in [3.05, 3.63) is 65.0 Å². The number of hydroxylamine groups is 2. The van der Waals surface area contributed by atoms with Crippen LogP contribution in [-0.2, 0) is 15.0 Å². The molecule has 1 aromatic carbocycles. The highest BCUT2D eigenvalue weighted by Gasteiger charge is 2.42. The monoisotopic (exact) mass is 324 g/mol. The van der Waals surface area contributed by atoms with Gasteiger partial charge in [-0.25, -0.2) is 4.79 Å². The topological polar surface area (TPSA) is 76.6 Å². The van der Waals surface area contributed by atoms with Crippen LogP contribution in [0.25, 0.3) is 0 Å². The summed E-state index contributed by atoms with van der Waals surface area (Å²) < 4.78 is 0. The van der Waals surface area contributed by atoms with Gasteiger partial charge in [0.05, 0.1) is 16.8 Å². The molecule has 3 rings (SSSR count). The third-order valence-electron chi connectivity index (χ3n) is 4.00. The van der Waals surface area contributed by atoms with Crippen molar-refractivity contribution in [3.63, 3.8) is 0 Å². The zero-order valence-corrected chi connectivity index (χ0v) is 13.6. The Bertz CT molecular complexity index is 823. The van der Waals surface area contributed by atoms with Crippen molar-refractivity contribution in [2.75, 3.05) is 0 Å². The van der Waals surface area contributed by atoms with Crippen LogP contribution < -0.4 is 0 Å². The molecule has 2 heterocycles. The standard InChI is InChI=1S/C18H16N2O4/c1-11-8-9-19-14(10-11)18(2,3)17(23)24-20-15(21)12-6-4-5-7-13(12)16(20)22/h4-10H,1-3H3. The summed E-state index contributed by atoms with van der Waals surface area (Å²) in [5.74, 6) is -2.01. The van der Waals surface area contributed by atoms with Crippen molar-refractivity contribution in [1.29, 1.82) is 0 Å². The van der Waals surface area contributed by atoms with Gasteiger partial charge in [0.1, 0.15) is 5.41 Å². The number of fused-ring (bicyclic) bond motifs is 1. The summed E-state index contributed by atoms with van der Waals surface area (Å²) in [7, 11) is 0. The second-order valence-electron chi connectivity index (χ2n) is 6.17. The maximum atomic E-state index is 12.6. The van der Waals surface area contributed by atoms with Gasteiger partial charge >= 0.3 is 5.97 Å². The molecule has 1 aliphatic heterocycles. The van der Waals surface area contributed by atoms with Gasteiger partial charge in [-0.3, -0.25) is 14.6 Å². The Kier molecular flexibility index (Phi) is 3.67. The third-order valence-corrected chi connectivity index (χ3v) is 4.00. The van der Waals surface area contributed by atoms with E-state index in [1.807, 2.05) is 13.0 Å². The summed E-state index contributed by atoms with van der Waals surface area (Å²) in [6, 6.07) is 9.93. The minimum absolute atomic E-state index is 0.224. The van der Waals surface area contributed by atoms with Crippen LogP contribution in [0.15, 0.2) is 42.6 Å². The fourth-order valence-corrected chi connectivity index (χ4v) is 2.43. The summed E-state index contributed by atoms with van der Waals surface area (Å²) in [4.78, 5) is 46.4. The quantitative estimate of drug-likeness (QED) is 0.810.